The molecule has 1 unspecified atom stereocenters. The molecular formula is C30H40N2O4Si. The summed E-state index contributed by atoms with van der Waals surface area (Å²) >= 11 is 0. The van der Waals surface area contributed by atoms with Crippen LogP contribution in [0.3, 0.4) is 0 Å². The van der Waals surface area contributed by atoms with Crippen LogP contribution in [0.25, 0.3) is 11.6 Å². The monoisotopic (exact) mass is 520 g/mol. The van der Waals surface area contributed by atoms with Gasteiger partial charge in [-0.1, -0.05) is 71.9 Å². The van der Waals surface area contributed by atoms with Crippen LogP contribution >= 0.6 is 0 Å². The summed E-state index contributed by atoms with van der Waals surface area (Å²) in [5.41, 5.74) is 4.29. The average Bonchev–Trinajstić information content (AvgIpc) is 2.86. The lowest BCUT2D eigenvalue weighted by molar-refractivity contribution is -0.384. The number of benzene rings is 2. The fourth-order valence-corrected chi connectivity index (χ4v) is 11.2. The van der Waals surface area contributed by atoms with Crippen LogP contribution in [-0.2, 0) is 9.22 Å². The molecule has 1 N–H and O–H groups in total. The Balaban J connectivity index is 1.93. The van der Waals surface area contributed by atoms with Crippen molar-refractivity contribution in [1.82, 2.24) is 5.32 Å². The van der Waals surface area contributed by atoms with Gasteiger partial charge in [0.2, 0.25) is 5.91 Å². The van der Waals surface area contributed by atoms with Crippen LogP contribution in [-0.4, -0.2) is 25.2 Å². The van der Waals surface area contributed by atoms with Crippen molar-refractivity contribution in [2.75, 3.05) is 0 Å². The molecule has 1 aliphatic carbocycles. The Hall–Kier alpha value is -3.19. The van der Waals surface area contributed by atoms with Crippen LogP contribution in [0.2, 0.25) is 16.6 Å². The van der Waals surface area contributed by atoms with E-state index in [-0.39, 0.29) is 17.6 Å². The molecule has 2 aromatic rings. The zero-order valence-electron chi connectivity index (χ0n) is 22.9. The second-order valence-electron chi connectivity index (χ2n) is 10.8. The standard InChI is InChI=1S/C30H40N2O4Si/c1-21(2)37(22(3)4,23(5)6)36-28-14-10-13-27(30(28)25-11-8-7-9-12-25)31-29(33)20-17-24-15-18-26(19-16-24)32(34)35/h7-9,11-12,15-23,27H,10,13-14H2,1-6H3,(H,31,33)/b20-17+. The van der Waals surface area contributed by atoms with Crippen molar-refractivity contribution in [1.29, 1.82) is 0 Å². The molecule has 6 nitrogen and oxygen atoms in total. The van der Waals surface area contributed by atoms with Crippen molar-refractivity contribution in [3.8, 4) is 0 Å². The maximum absolute atomic E-state index is 13.0. The smallest absolute Gasteiger partial charge is 0.269 e. The lowest BCUT2D eigenvalue weighted by Gasteiger charge is -2.44. The molecule has 0 saturated carbocycles. The first-order valence-corrected chi connectivity index (χ1v) is 15.4. The number of non-ortho nitro benzene ring substituents is 1. The average molecular weight is 521 g/mol. The van der Waals surface area contributed by atoms with Crippen LogP contribution in [0.1, 0.15) is 71.9 Å². The largest absolute Gasteiger partial charge is 0.545 e. The molecule has 0 aliphatic heterocycles. The Bertz CT molecular complexity index is 1120. The molecule has 0 heterocycles. The summed E-state index contributed by atoms with van der Waals surface area (Å²) < 4.78 is 7.20. The van der Waals surface area contributed by atoms with Gasteiger partial charge in [0.1, 0.15) is 0 Å². The zero-order valence-corrected chi connectivity index (χ0v) is 23.9. The van der Waals surface area contributed by atoms with Crippen LogP contribution < -0.4 is 5.32 Å². The Labute approximate surface area is 222 Å². The second-order valence-corrected chi connectivity index (χ2v) is 16.1. The van der Waals surface area contributed by atoms with Crippen LogP contribution in [0.4, 0.5) is 5.69 Å². The molecule has 2 aromatic carbocycles. The minimum atomic E-state index is -2.16. The third-order valence-electron chi connectivity index (χ3n) is 7.48. The maximum Gasteiger partial charge on any atom is 0.269 e. The molecule has 0 saturated heterocycles. The number of nitrogens with one attached hydrogen (secondary N) is 1. The number of allylic oxidation sites excluding steroid dienone is 1. The second kappa shape index (κ2) is 12.4. The van der Waals surface area contributed by atoms with Gasteiger partial charge in [0, 0.05) is 30.2 Å². The van der Waals surface area contributed by atoms with Gasteiger partial charge in [-0.25, -0.2) is 0 Å². The van der Waals surface area contributed by atoms with E-state index in [1.807, 2.05) is 18.2 Å². The molecule has 0 radical (unpaired) electrons. The Morgan fingerprint density at radius 2 is 1.59 bits per heavy atom. The van der Waals surface area contributed by atoms with Crippen molar-refractivity contribution in [2.45, 2.75) is 83.5 Å². The first-order valence-electron chi connectivity index (χ1n) is 13.3. The van der Waals surface area contributed by atoms with Gasteiger partial charge in [-0.05, 0) is 58.8 Å². The normalized spacial score (nSPS) is 16.6. The summed E-state index contributed by atoms with van der Waals surface area (Å²) in [7, 11) is -2.16. The van der Waals surface area contributed by atoms with Crippen molar-refractivity contribution in [3.05, 3.63) is 87.7 Å². The zero-order chi connectivity index (χ0) is 27.2. The van der Waals surface area contributed by atoms with Gasteiger partial charge in [0.15, 0.2) is 0 Å². The minimum absolute atomic E-state index is 0.0257. The van der Waals surface area contributed by atoms with Crippen molar-refractivity contribution >= 4 is 31.6 Å². The molecule has 1 atom stereocenters. The van der Waals surface area contributed by atoms with Crippen molar-refractivity contribution in [3.63, 3.8) is 0 Å². The molecule has 1 amide bonds. The molecule has 7 heteroatoms. The number of nitrogens with zero attached hydrogens (tertiary/aromatic N) is 1. The molecule has 0 spiro atoms. The number of carbonyl (C=O) groups excluding carboxylic acids is 1. The Morgan fingerprint density at radius 1 is 1.00 bits per heavy atom. The van der Waals surface area contributed by atoms with E-state index in [0.29, 0.717) is 16.6 Å². The lowest BCUT2D eigenvalue weighted by atomic mass is 9.87. The van der Waals surface area contributed by atoms with E-state index in [9.17, 15) is 14.9 Å². The van der Waals surface area contributed by atoms with Crippen LogP contribution in [0.15, 0.2) is 66.4 Å². The van der Waals surface area contributed by atoms with Gasteiger partial charge in [0.25, 0.3) is 14.0 Å². The van der Waals surface area contributed by atoms with E-state index < -0.39 is 13.2 Å². The summed E-state index contributed by atoms with van der Waals surface area (Å²) in [5.74, 6) is 0.836. The van der Waals surface area contributed by atoms with Gasteiger partial charge in [-0.2, -0.15) is 0 Å². The topological polar surface area (TPSA) is 81.5 Å². The fraction of sp³-hybridized carbons (Fsp3) is 0.433. The highest BCUT2D eigenvalue weighted by Crippen LogP contribution is 2.46. The van der Waals surface area contributed by atoms with Gasteiger partial charge >= 0.3 is 0 Å². The highest BCUT2D eigenvalue weighted by Gasteiger charge is 2.48. The lowest BCUT2D eigenvalue weighted by Crippen LogP contribution is -2.48. The first kappa shape index (κ1) is 28.4. The van der Waals surface area contributed by atoms with Gasteiger partial charge in [-0.3, -0.25) is 14.9 Å². The summed E-state index contributed by atoms with van der Waals surface area (Å²) in [4.78, 5) is 23.4. The Kier molecular flexibility index (Phi) is 9.48. The highest BCUT2D eigenvalue weighted by atomic mass is 28.4. The van der Waals surface area contributed by atoms with E-state index in [1.165, 1.54) is 18.2 Å². The van der Waals surface area contributed by atoms with E-state index >= 15 is 0 Å². The molecular weight excluding hydrogens is 480 g/mol. The maximum atomic E-state index is 13.0. The van der Waals surface area contributed by atoms with E-state index in [0.717, 1.165) is 41.7 Å². The number of hydrogen-bond donors (Lipinski definition) is 1. The number of nitro groups is 1. The minimum Gasteiger partial charge on any atom is -0.545 e. The highest BCUT2D eigenvalue weighted by molar-refractivity contribution is 6.78. The van der Waals surface area contributed by atoms with Crippen molar-refractivity contribution in [2.24, 2.45) is 0 Å². The van der Waals surface area contributed by atoms with Crippen LogP contribution in [0, 0.1) is 10.1 Å². The summed E-state index contributed by atoms with van der Waals surface area (Å²) in [6, 6.07) is 16.2. The quantitative estimate of drug-likeness (QED) is 0.149. The number of hydrogen-bond acceptors (Lipinski definition) is 4. The Morgan fingerprint density at radius 3 is 2.14 bits per heavy atom. The van der Waals surface area contributed by atoms with Crippen molar-refractivity contribution < 1.29 is 14.1 Å². The molecule has 37 heavy (non-hydrogen) atoms. The molecule has 198 valence electrons. The molecule has 0 fully saturated rings. The number of amides is 1. The fourth-order valence-electron chi connectivity index (χ4n) is 5.84. The van der Waals surface area contributed by atoms with Gasteiger partial charge in [0.05, 0.1) is 16.7 Å². The molecule has 0 bridgehead atoms. The van der Waals surface area contributed by atoms with E-state index in [4.69, 9.17) is 4.43 Å². The predicted octanol–water partition coefficient (Wildman–Crippen LogP) is 7.88. The SMILES string of the molecule is CC(C)[Si](OC1=C(c2ccccc2)C(NC(=O)/C=C/c2ccc([N+](=O)[O-])cc2)CCC1)(C(C)C)C(C)C. The predicted molar refractivity (Wildman–Crippen MR) is 153 cm³/mol. The summed E-state index contributed by atoms with van der Waals surface area (Å²) in [6.07, 6.45) is 5.83. The van der Waals surface area contributed by atoms with E-state index in [1.54, 1.807) is 18.2 Å². The van der Waals surface area contributed by atoms with Gasteiger partial charge in [-0.15, -0.1) is 0 Å². The molecule has 1 aliphatic rings. The number of carbonyl (C=O) groups is 1. The summed E-state index contributed by atoms with van der Waals surface area (Å²) in [6.45, 7) is 13.8. The van der Waals surface area contributed by atoms with E-state index in [2.05, 4.69) is 59.0 Å². The van der Waals surface area contributed by atoms with Crippen LogP contribution in [0.5, 0.6) is 0 Å². The third-order valence-corrected chi connectivity index (χ3v) is 13.5. The summed E-state index contributed by atoms with van der Waals surface area (Å²) in [5, 5.41) is 14.1. The number of rotatable bonds is 10. The molecule has 3 rings (SSSR count). The molecule has 0 aromatic heterocycles. The number of nitro benzene ring substituents is 1. The van der Waals surface area contributed by atoms with Gasteiger partial charge < -0.3 is 9.74 Å². The third kappa shape index (κ3) is 6.58. The first-order chi connectivity index (χ1) is 17.6.